The number of hydrogen-bond acceptors (Lipinski definition) is 3. The predicted molar refractivity (Wildman–Crippen MR) is 68.5 cm³/mol. The minimum atomic E-state index is -0.0205. The van der Waals surface area contributed by atoms with Crippen molar-refractivity contribution in [3.8, 4) is 0 Å². The molecule has 1 fully saturated rings. The van der Waals surface area contributed by atoms with Gasteiger partial charge in [0, 0.05) is 20.2 Å². The first kappa shape index (κ1) is 13.9. The van der Waals surface area contributed by atoms with Crippen LogP contribution in [0.25, 0.3) is 0 Å². The molecule has 2 unspecified atom stereocenters. The molecule has 0 amide bonds. The van der Waals surface area contributed by atoms with Crippen LogP contribution in [0.3, 0.4) is 0 Å². The Morgan fingerprint density at radius 1 is 1.50 bits per heavy atom. The SMILES string of the molecule is CCCN(CC1CC1)C(C)(CN)C(C)OC. The molecule has 0 bridgehead atoms. The van der Waals surface area contributed by atoms with Gasteiger partial charge in [-0.25, -0.2) is 0 Å². The topological polar surface area (TPSA) is 38.5 Å². The Kier molecular flexibility index (Phi) is 5.22. The number of rotatable bonds is 8. The van der Waals surface area contributed by atoms with E-state index >= 15 is 0 Å². The Balaban J connectivity index is 2.68. The molecule has 2 atom stereocenters. The van der Waals surface area contributed by atoms with E-state index in [4.69, 9.17) is 10.5 Å². The van der Waals surface area contributed by atoms with Gasteiger partial charge in [-0.05, 0) is 45.6 Å². The summed E-state index contributed by atoms with van der Waals surface area (Å²) < 4.78 is 5.51. The van der Waals surface area contributed by atoms with Gasteiger partial charge in [0.25, 0.3) is 0 Å². The lowest BCUT2D eigenvalue weighted by atomic mass is 9.92. The van der Waals surface area contributed by atoms with Crippen LogP contribution in [0.15, 0.2) is 0 Å². The first-order chi connectivity index (χ1) is 7.58. The van der Waals surface area contributed by atoms with E-state index in [-0.39, 0.29) is 11.6 Å². The predicted octanol–water partition coefficient (Wildman–Crippen LogP) is 1.86. The maximum absolute atomic E-state index is 5.99. The molecule has 1 saturated carbocycles. The molecule has 1 rings (SSSR count). The molecule has 1 aliphatic carbocycles. The zero-order valence-corrected chi connectivity index (χ0v) is 11.3. The van der Waals surface area contributed by atoms with Crippen LogP contribution >= 0.6 is 0 Å². The summed E-state index contributed by atoms with van der Waals surface area (Å²) in [6.45, 7) is 9.57. The van der Waals surface area contributed by atoms with E-state index in [2.05, 4.69) is 25.7 Å². The molecule has 0 radical (unpaired) electrons. The van der Waals surface area contributed by atoms with Crippen LogP contribution in [0.4, 0.5) is 0 Å². The molecule has 0 aromatic rings. The Morgan fingerprint density at radius 3 is 2.50 bits per heavy atom. The van der Waals surface area contributed by atoms with Gasteiger partial charge in [0.1, 0.15) is 0 Å². The Labute approximate surface area is 100 Å². The summed E-state index contributed by atoms with van der Waals surface area (Å²) in [5.74, 6) is 0.904. The summed E-state index contributed by atoms with van der Waals surface area (Å²) in [6.07, 6.45) is 4.14. The molecular formula is C13H28N2O. The van der Waals surface area contributed by atoms with E-state index in [9.17, 15) is 0 Å². The molecule has 2 N–H and O–H groups in total. The van der Waals surface area contributed by atoms with Crippen molar-refractivity contribution >= 4 is 0 Å². The minimum absolute atomic E-state index is 0.0205. The molecule has 0 aliphatic heterocycles. The Bertz CT molecular complexity index is 206. The lowest BCUT2D eigenvalue weighted by molar-refractivity contribution is -0.0332. The molecule has 0 heterocycles. The van der Waals surface area contributed by atoms with Gasteiger partial charge in [0.05, 0.1) is 11.6 Å². The molecule has 0 aromatic heterocycles. The van der Waals surface area contributed by atoms with E-state index in [0.717, 1.165) is 12.5 Å². The third-order valence-electron chi connectivity index (χ3n) is 4.03. The normalized spacial score (nSPS) is 22.1. The summed E-state index contributed by atoms with van der Waals surface area (Å²) in [5.41, 5.74) is 5.97. The highest BCUT2D eigenvalue weighted by atomic mass is 16.5. The van der Waals surface area contributed by atoms with E-state index in [1.54, 1.807) is 7.11 Å². The monoisotopic (exact) mass is 228 g/mol. The van der Waals surface area contributed by atoms with Gasteiger partial charge >= 0.3 is 0 Å². The van der Waals surface area contributed by atoms with Crippen LogP contribution in [0.5, 0.6) is 0 Å². The fourth-order valence-corrected chi connectivity index (χ4v) is 2.24. The molecule has 3 nitrogen and oxygen atoms in total. The maximum Gasteiger partial charge on any atom is 0.0736 e. The van der Waals surface area contributed by atoms with Crippen LogP contribution in [0, 0.1) is 5.92 Å². The second-order valence-corrected chi connectivity index (χ2v) is 5.33. The van der Waals surface area contributed by atoms with Gasteiger partial charge in [0.2, 0.25) is 0 Å². The number of nitrogens with two attached hydrogens (primary N) is 1. The van der Waals surface area contributed by atoms with Crippen molar-refractivity contribution in [2.75, 3.05) is 26.7 Å². The molecule has 16 heavy (non-hydrogen) atoms. The lowest BCUT2D eigenvalue weighted by Gasteiger charge is -2.44. The van der Waals surface area contributed by atoms with E-state index in [1.165, 1.54) is 25.8 Å². The van der Waals surface area contributed by atoms with Gasteiger partial charge in [-0.2, -0.15) is 0 Å². The summed E-state index contributed by atoms with van der Waals surface area (Å²) >= 11 is 0. The minimum Gasteiger partial charge on any atom is -0.380 e. The molecule has 96 valence electrons. The number of nitrogens with zero attached hydrogens (tertiary/aromatic N) is 1. The summed E-state index contributed by atoms with van der Waals surface area (Å²) in [4.78, 5) is 2.54. The number of ether oxygens (including phenoxy) is 1. The quantitative estimate of drug-likeness (QED) is 0.689. The standard InChI is InChI=1S/C13H28N2O/c1-5-8-15(9-12-6-7-12)13(3,10-14)11(2)16-4/h11-12H,5-10,14H2,1-4H3. The first-order valence-electron chi connectivity index (χ1n) is 6.56. The third kappa shape index (κ3) is 3.19. The summed E-state index contributed by atoms with van der Waals surface area (Å²) in [6, 6.07) is 0. The highest BCUT2D eigenvalue weighted by Gasteiger charge is 2.38. The van der Waals surface area contributed by atoms with E-state index < -0.39 is 0 Å². The molecule has 1 aliphatic rings. The van der Waals surface area contributed by atoms with Gasteiger partial charge in [0.15, 0.2) is 0 Å². The largest absolute Gasteiger partial charge is 0.380 e. The van der Waals surface area contributed by atoms with Gasteiger partial charge in [-0.15, -0.1) is 0 Å². The second kappa shape index (κ2) is 5.99. The smallest absolute Gasteiger partial charge is 0.0736 e. The van der Waals surface area contributed by atoms with Crippen LogP contribution in [-0.4, -0.2) is 43.3 Å². The molecule has 3 heteroatoms. The number of hydrogen-bond donors (Lipinski definition) is 1. The summed E-state index contributed by atoms with van der Waals surface area (Å²) in [5, 5.41) is 0. The molecule has 0 spiro atoms. The van der Waals surface area contributed by atoms with E-state index in [0.29, 0.717) is 6.54 Å². The van der Waals surface area contributed by atoms with Crippen molar-refractivity contribution in [1.29, 1.82) is 0 Å². The Hall–Kier alpha value is -0.120. The van der Waals surface area contributed by atoms with E-state index in [1.807, 2.05) is 0 Å². The highest BCUT2D eigenvalue weighted by Crippen LogP contribution is 2.33. The van der Waals surface area contributed by atoms with Gasteiger partial charge in [-0.3, -0.25) is 4.90 Å². The van der Waals surface area contributed by atoms with Crippen molar-refractivity contribution in [1.82, 2.24) is 4.90 Å². The van der Waals surface area contributed by atoms with Crippen LogP contribution in [0.1, 0.15) is 40.0 Å². The zero-order chi connectivity index (χ0) is 12.2. The fraction of sp³-hybridized carbons (Fsp3) is 1.00. The van der Waals surface area contributed by atoms with Crippen LogP contribution in [-0.2, 0) is 4.74 Å². The third-order valence-corrected chi connectivity index (χ3v) is 4.03. The van der Waals surface area contributed by atoms with Gasteiger partial charge < -0.3 is 10.5 Å². The highest BCUT2D eigenvalue weighted by molar-refractivity contribution is 4.95. The zero-order valence-electron chi connectivity index (χ0n) is 11.3. The second-order valence-electron chi connectivity index (χ2n) is 5.33. The average Bonchev–Trinajstić information content (AvgIpc) is 3.10. The van der Waals surface area contributed by atoms with Crippen molar-refractivity contribution in [3.05, 3.63) is 0 Å². The van der Waals surface area contributed by atoms with Crippen LogP contribution < -0.4 is 5.73 Å². The molecule has 0 saturated heterocycles. The number of methoxy groups -OCH3 is 1. The molecule has 0 aromatic carbocycles. The first-order valence-corrected chi connectivity index (χ1v) is 6.56. The van der Waals surface area contributed by atoms with Crippen molar-refractivity contribution < 1.29 is 4.74 Å². The lowest BCUT2D eigenvalue weighted by Crippen LogP contribution is -2.59. The van der Waals surface area contributed by atoms with Crippen molar-refractivity contribution in [2.45, 2.75) is 51.7 Å². The molecular weight excluding hydrogens is 200 g/mol. The Morgan fingerprint density at radius 2 is 2.12 bits per heavy atom. The average molecular weight is 228 g/mol. The van der Waals surface area contributed by atoms with Gasteiger partial charge in [-0.1, -0.05) is 6.92 Å². The van der Waals surface area contributed by atoms with Crippen molar-refractivity contribution in [3.63, 3.8) is 0 Å². The fourth-order valence-electron chi connectivity index (χ4n) is 2.24. The summed E-state index contributed by atoms with van der Waals surface area (Å²) in [7, 11) is 1.78. The van der Waals surface area contributed by atoms with Crippen LogP contribution in [0.2, 0.25) is 0 Å². The van der Waals surface area contributed by atoms with Crippen molar-refractivity contribution in [2.24, 2.45) is 11.7 Å². The maximum atomic E-state index is 5.99.